The lowest BCUT2D eigenvalue weighted by atomic mass is 10.2. The molecule has 31 heavy (non-hydrogen) atoms. The first-order valence-electron chi connectivity index (χ1n) is 9.20. The number of hydrogen-bond donors (Lipinski definition) is 1. The predicted octanol–water partition coefficient (Wildman–Crippen LogP) is 4.26. The molecule has 4 rings (SSSR count). The Labute approximate surface area is 187 Å². The van der Waals surface area contributed by atoms with Crippen LogP contribution in [0.15, 0.2) is 72.1 Å². The van der Waals surface area contributed by atoms with Crippen molar-refractivity contribution in [3.8, 4) is 11.4 Å². The molecule has 10 heteroatoms. The number of anilines is 1. The van der Waals surface area contributed by atoms with E-state index >= 15 is 0 Å². The van der Waals surface area contributed by atoms with E-state index in [2.05, 4.69) is 25.6 Å². The number of nitrogens with one attached hydrogen (secondary N) is 1. The number of halogens is 1. The summed E-state index contributed by atoms with van der Waals surface area (Å²) in [5, 5.41) is 12.2. The van der Waals surface area contributed by atoms with Crippen LogP contribution in [-0.2, 0) is 5.75 Å². The molecule has 0 fully saturated rings. The van der Waals surface area contributed by atoms with Gasteiger partial charge in [-0.05, 0) is 36.4 Å². The second-order valence-electron chi connectivity index (χ2n) is 6.25. The zero-order chi connectivity index (χ0) is 21.6. The highest BCUT2D eigenvalue weighted by atomic mass is 35.5. The van der Waals surface area contributed by atoms with Gasteiger partial charge < -0.3 is 10.1 Å². The molecule has 0 bridgehead atoms. The molecule has 0 spiro atoms. The molecule has 0 aliphatic rings. The molecule has 1 amide bonds. The van der Waals surface area contributed by atoms with Gasteiger partial charge in [-0.25, -0.2) is 14.6 Å². The van der Waals surface area contributed by atoms with Gasteiger partial charge >= 0.3 is 0 Å². The van der Waals surface area contributed by atoms with Gasteiger partial charge in [0.25, 0.3) is 5.91 Å². The summed E-state index contributed by atoms with van der Waals surface area (Å²) in [4.78, 5) is 21.6. The minimum atomic E-state index is -0.424. The van der Waals surface area contributed by atoms with Crippen LogP contribution in [0.5, 0.6) is 5.75 Å². The summed E-state index contributed by atoms with van der Waals surface area (Å²) in [6.07, 6.45) is 3.34. The number of ether oxygens (including phenoxy) is 1. The number of hydrogen-bond acceptors (Lipinski definition) is 7. The van der Waals surface area contributed by atoms with E-state index in [-0.39, 0.29) is 5.69 Å². The molecular weight excluding hydrogens is 436 g/mol. The third kappa shape index (κ3) is 4.84. The van der Waals surface area contributed by atoms with E-state index in [1.165, 1.54) is 18.9 Å². The minimum Gasteiger partial charge on any atom is -0.495 e. The number of para-hydroxylation sites is 1. The fourth-order valence-electron chi connectivity index (χ4n) is 2.84. The second kappa shape index (κ2) is 9.59. The van der Waals surface area contributed by atoms with Crippen molar-refractivity contribution in [1.82, 2.24) is 25.0 Å². The molecule has 4 aromatic rings. The summed E-state index contributed by atoms with van der Waals surface area (Å²) >= 11 is 7.47. The van der Waals surface area contributed by atoms with Crippen LogP contribution in [0.25, 0.3) is 5.69 Å². The average molecular weight is 453 g/mol. The number of thioether (sulfide) groups is 1. The quantitative estimate of drug-likeness (QED) is 0.330. The molecule has 0 aliphatic carbocycles. The third-order valence-corrected chi connectivity index (χ3v) is 5.39. The Kier molecular flexibility index (Phi) is 6.44. The molecule has 0 radical (unpaired) electrons. The Hall–Kier alpha value is -3.43. The molecule has 0 saturated carbocycles. The lowest BCUT2D eigenvalue weighted by Gasteiger charge is -2.11. The summed E-state index contributed by atoms with van der Waals surface area (Å²) in [6.45, 7) is 0. The van der Waals surface area contributed by atoms with Crippen LogP contribution in [0.2, 0.25) is 5.02 Å². The summed E-state index contributed by atoms with van der Waals surface area (Å²) in [5.41, 5.74) is 2.04. The molecule has 2 heterocycles. The lowest BCUT2D eigenvalue weighted by Crippen LogP contribution is -2.16. The van der Waals surface area contributed by atoms with Crippen molar-refractivity contribution in [2.75, 3.05) is 12.4 Å². The molecular formula is C21H17ClN6O2S. The van der Waals surface area contributed by atoms with Gasteiger partial charge in [0.05, 0.1) is 24.2 Å². The Bertz CT molecular complexity index is 1190. The number of benzene rings is 2. The van der Waals surface area contributed by atoms with E-state index in [0.29, 0.717) is 33.1 Å². The first kappa shape index (κ1) is 20.8. The monoisotopic (exact) mass is 452 g/mol. The number of nitrogens with zero attached hydrogens (tertiary/aromatic N) is 5. The van der Waals surface area contributed by atoms with Crippen LogP contribution < -0.4 is 10.1 Å². The van der Waals surface area contributed by atoms with E-state index in [1.54, 1.807) is 41.3 Å². The molecule has 0 saturated heterocycles. The molecule has 156 valence electrons. The van der Waals surface area contributed by atoms with Gasteiger partial charge in [0.2, 0.25) is 0 Å². The highest BCUT2D eigenvalue weighted by molar-refractivity contribution is 7.98. The van der Waals surface area contributed by atoms with E-state index in [0.717, 1.165) is 5.69 Å². The second-order valence-corrected chi connectivity index (χ2v) is 7.63. The number of methoxy groups -OCH3 is 1. The summed E-state index contributed by atoms with van der Waals surface area (Å²) in [5.74, 6) is 0.454. The fourth-order valence-corrected chi connectivity index (χ4v) is 3.80. The van der Waals surface area contributed by atoms with Crippen molar-refractivity contribution < 1.29 is 9.53 Å². The van der Waals surface area contributed by atoms with Gasteiger partial charge in [0, 0.05) is 23.2 Å². The molecule has 2 aromatic carbocycles. The van der Waals surface area contributed by atoms with Gasteiger partial charge in [0.15, 0.2) is 10.9 Å². The number of aromatic nitrogens is 5. The highest BCUT2D eigenvalue weighted by Gasteiger charge is 2.22. The Morgan fingerprint density at radius 3 is 2.65 bits per heavy atom. The van der Waals surface area contributed by atoms with E-state index < -0.39 is 5.91 Å². The largest absolute Gasteiger partial charge is 0.495 e. The first-order chi connectivity index (χ1) is 15.2. The maximum absolute atomic E-state index is 13.1. The summed E-state index contributed by atoms with van der Waals surface area (Å²) in [7, 11) is 1.52. The maximum Gasteiger partial charge on any atom is 0.278 e. The number of rotatable bonds is 7. The van der Waals surface area contributed by atoms with Crippen molar-refractivity contribution >= 4 is 35.0 Å². The fraction of sp³-hybridized carbons (Fsp3) is 0.0952. The van der Waals surface area contributed by atoms with Gasteiger partial charge in [-0.3, -0.25) is 4.79 Å². The SMILES string of the molecule is COc1ccc(Cl)cc1NC(=O)c1nnn(-c2ccccc2)c1CSc1ncccn1. The average Bonchev–Trinajstić information content (AvgIpc) is 3.23. The Balaban J connectivity index is 1.67. The smallest absolute Gasteiger partial charge is 0.278 e. The topological polar surface area (TPSA) is 94.8 Å². The zero-order valence-corrected chi connectivity index (χ0v) is 18.0. The van der Waals surface area contributed by atoms with Crippen LogP contribution >= 0.6 is 23.4 Å². The van der Waals surface area contributed by atoms with Crippen molar-refractivity contribution in [3.05, 3.63) is 83.4 Å². The van der Waals surface area contributed by atoms with Crippen molar-refractivity contribution in [2.45, 2.75) is 10.9 Å². The van der Waals surface area contributed by atoms with Gasteiger partial charge in [-0.1, -0.05) is 46.8 Å². The first-order valence-corrected chi connectivity index (χ1v) is 10.6. The summed E-state index contributed by atoms with van der Waals surface area (Å²) < 4.78 is 6.95. The van der Waals surface area contributed by atoms with Crippen molar-refractivity contribution in [3.63, 3.8) is 0 Å². The molecule has 1 N–H and O–H groups in total. The van der Waals surface area contributed by atoms with E-state index in [4.69, 9.17) is 16.3 Å². The van der Waals surface area contributed by atoms with Crippen LogP contribution in [0.1, 0.15) is 16.2 Å². The number of carbonyl (C=O) groups is 1. The zero-order valence-electron chi connectivity index (χ0n) is 16.4. The van der Waals surface area contributed by atoms with Gasteiger partial charge in [0.1, 0.15) is 5.75 Å². The summed E-state index contributed by atoms with van der Waals surface area (Å²) in [6, 6.07) is 16.2. The van der Waals surface area contributed by atoms with Crippen molar-refractivity contribution in [1.29, 1.82) is 0 Å². The van der Waals surface area contributed by atoms with Crippen molar-refractivity contribution in [2.24, 2.45) is 0 Å². The van der Waals surface area contributed by atoms with Crippen LogP contribution in [0, 0.1) is 0 Å². The van der Waals surface area contributed by atoms with Gasteiger partial charge in [-0.15, -0.1) is 5.10 Å². The number of carbonyl (C=O) groups excluding carboxylic acids is 1. The standard InChI is InChI=1S/C21H17ClN6O2S/c1-30-18-9-8-14(22)12-16(18)25-20(29)19-17(13-31-21-23-10-5-11-24-21)28(27-26-19)15-6-3-2-4-7-15/h2-12H,13H2,1H3,(H,25,29). The normalized spacial score (nSPS) is 10.6. The Morgan fingerprint density at radius 2 is 1.90 bits per heavy atom. The molecule has 0 atom stereocenters. The molecule has 0 aliphatic heterocycles. The minimum absolute atomic E-state index is 0.189. The molecule has 2 aromatic heterocycles. The Morgan fingerprint density at radius 1 is 1.13 bits per heavy atom. The van der Waals surface area contributed by atoms with Gasteiger partial charge in [-0.2, -0.15) is 0 Å². The third-order valence-electron chi connectivity index (χ3n) is 4.27. The van der Waals surface area contributed by atoms with E-state index in [1.807, 2.05) is 30.3 Å². The van der Waals surface area contributed by atoms with Crippen LogP contribution in [0.3, 0.4) is 0 Å². The maximum atomic E-state index is 13.1. The number of amides is 1. The highest BCUT2D eigenvalue weighted by Crippen LogP contribution is 2.29. The molecule has 8 nitrogen and oxygen atoms in total. The lowest BCUT2D eigenvalue weighted by molar-refractivity contribution is 0.102. The van der Waals surface area contributed by atoms with E-state index in [9.17, 15) is 4.79 Å². The molecule has 0 unspecified atom stereocenters. The predicted molar refractivity (Wildman–Crippen MR) is 119 cm³/mol. The van der Waals surface area contributed by atoms with Crippen LogP contribution in [-0.4, -0.2) is 38.0 Å². The van der Waals surface area contributed by atoms with Crippen LogP contribution in [0.4, 0.5) is 5.69 Å².